The van der Waals surface area contributed by atoms with Crippen LogP contribution in [0.3, 0.4) is 0 Å². The molecule has 3 N–H and O–H groups in total. The lowest BCUT2D eigenvalue weighted by molar-refractivity contribution is -0.149. The lowest BCUT2D eigenvalue weighted by atomic mass is 9.96. The van der Waals surface area contributed by atoms with E-state index in [4.69, 9.17) is 20.3 Å². The van der Waals surface area contributed by atoms with Gasteiger partial charge in [0.2, 0.25) is 0 Å². The van der Waals surface area contributed by atoms with Crippen molar-refractivity contribution in [2.45, 2.75) is 45.3 Å². The molecule has 0 saturated heterocycles. The molecule has 0 amide bonds. The Balaban J connectivity index is 2.69. The first-order valence-corrected chi connectivity index (χ1v) is 7.22. The molecule has 1 aromatic rings. The number of rotatable bonds is 8. The fourth-order valence-electron chi connectivity index (χ4n) is 2.18. The van der Waals surface area contributed by atoms with Gasteiger partial charge >= 0.3 is 5.97 Å². The van der Waals surface area contributed by atoms with E-state index in [1.807, 2.05) is 31.2 Å². The van der Waals surface area contributed by atoms with Gasteiger partial charge < -0.3 is 20.3 Å². The summed E-state index contributed by atoms with van der Waals surface area (Å²) in [5.74, 6) is 0.280. The number of benzene rings is 1. The molecule has 5 heteroatoms. The van der Waals surface area contributed by atoms with Crippen molar-refractivity contribution in [3.05, 3.63) is 29.8 Å². The van der Waals surface area contributed by atoms with E-state index in [1.54, 1.807) is 13.8 Å². The highest BCUT2D eigenvalue weighted by Gasteiger charge is 2.32. The average molecular weight is 295 g/mol. The molecular weight excluding hydrogens is 270 g/mol. The molecule has 118 valence electrons. The quantitative estimate of drug-likeness (QED) is 0.713. The number of esters is 1. The zero-order valence-corrected chi connectivity index (χ0v) is 13.0. The largest absolute Gasteiger partial charge is 0.490 e. The van der Waals surface area contributed by atoms with Crippen molar-refractivity contribution in [1.29, 1.82) is 0 Å². The number of ether oxygens (including phenoxy) is 2. The van der Waals surface area contributed by atoms with Gasteiger partial charge in [0.05, 0.1) is 12.7 Å². The van der Waals surface area contributed by atoms with Crippen molar-refractivity contribution in [2.24, 2.45) is 5.73 Å². The Morgan fingerprint density at radius 1 is 1.43 bits per heavy atom. The van der Waals surface area contributed by atoms with E-state index >= 15 is 0 Å². The van der Waals surface area contributed by atoms with Gasteiger partial charge in [-0.2, -0.15) is 0 Å². The highest BCUT2D eigenvalue weighted by atomic mass is 16.5. The summed E-state index contributed by atoms with van der Waals surface area (Å²) >= 11 is 0. The third kappa shape index (κ3) is 5.36. The van der Waals surface area contributed by atoms with Crippen molar-refractivity contribution in [1.82, 2.24) is 0 Å². The van der Waals surface area contributed by atoms with Gasteiger partial charge in [0.25, 0.3) is 0 Å². The summed E-state index contributed by atoms with van der Waals surface area (Å²) < 4.78 is 10.8. The number of hydrogen-bond acceptors (Lipinski definition) is 5. The van der Waals surface area contributed by atoms with E-state index in [1.165, 1.54) is 0 Å². The van der Waals surface area contributed by atoms with Crippen LogP contribution in [0.15, 0.2) is 24.3 Å². The molecule has 0 heterocycles. The second-order valence-corrected chi connectivity index (χ2v) is 5.35. The number of para-hydroxylation sites is 1. The van der Waals surface area contributed by atoms with Crippen LogP contribution < -0.4 is 10.5 Å². The normalized spacial score (nSPS) is 15.1. The Labute approximate surface area is 126 Å². The molecule has 1 aromatic carbocycles. The molecular formula is C16H25NO4. The van der Waals surface area contributed by atoms with Gasteiger partial charge in [0, 0.05) is 13.0 Å². The summed E-state index contributed by atoms with van der Waals surface area (Å²) in [6, 6.07) is 7.52. The topological polar surface area (TPSA) is 81.8 Å². The lowest BCUT2D eigenvalue weighted by Crippen LogP contribution is -2.49. The molecule has 0 fully saturated rings. The van der Waals surface area contributed by atoms with Gasteiger partial charge in [-0.15, -0.1) is 0 Å². The van der Waals surface area contributed by atoms with Gasteiger partial charge in [-0.1, -0.05) is 18.2 Å². The minimum absolute atomic E-state index is 0.0617. The van der Waals surface area contributed by atoms with Crippen molar-refractivity contribution < 1.29 is 19.4 Å². The fraction of sp³-hybridized carbons (Fsp3) is 0.562. The number of aliphatic hydroxyl groups excluding tert-OH is 1. The van der Waals surface area contributed by atoms with Crippen LogP contribution in [0, 0.1) is 0 Å². The SMILES string of the molecule is CCOC(=O)C(C)(N)CC(C)Oc1ccccc1CCO. The molecule has 21 heavy (non-hydrogen) atoms. The summed E-state index contributed by atoms with van der Waals surface area (Å²) in [4.78, 5) is 11.8. The third-order valence-electron chi connectivity index (χ3n) is 3.14. The van der Waals surface area contributed by atoms with E-state index in [0.717, 1.165) is 5.56 Å². The van der Waals surface area contributed by atoms with E-state index in [-0.39, 0.29) is 12.7 Å². The molecule has 2 atom stereocenters. The number of aliphatic hydroxyl groups is 1. The highest BCUT2D eigenvalue weighted by molar-refractivity contribution is 5.80. The van der Waals surface area contributed by atoms with Crippen molar-refractivity contribution in [3.63, 3.8) is 0 Å². The zero-order valence-electron chi connectivity index (χ0n) is 13.0. The smallest absolute Gasteiger partial charge is 0.325 e. The zero-order chi connectivity index (χ0) is 15.9. The predicted molar refractivity (Wildman–Crippen MR) is 81.2 cm³/mol. The van der Waals surface area contributed by atoms with Gasteiger partial charge in [0.1, 0.15) is 11.3 Å². The van der Waals surface area contributed by atoms with E-state index in [2.05, 4.69) is 0 Å². The second kappa shape index (κ2) is 8.00. The Morgan fingerprint density at radius 3 is 2.71 bits per heavy atom. The van der Waals surface area contributed by atoms with Gasteiger partial charge in [0.15, 0.2) is 0 Å². The standard InChI is InChI=1S/C16H25NO4/c1-4-20-15(19)16(3,17)11-12(2)21-14-8-6-5-7-13(14)9-10-18/h5-8,12,18H,4,9-11,17H2,1-3H3. The summed E-state index contributed by atoms with van der Waals surface area (Å²) in [6.07, 6.45) is 0.629. The Hall–Kier alpha value is -1.59. The summed E-state index contributed by atoms with van der Waals surface area (Å²) in [6.45, 7) is 5.62. The summed E-state index contributed by atoms with van der Waals surface area (Å²) in [5, 5.41) is 9.06. The Kier molecular flexibility index (Phi) is 6.65. The molecule has 0 aliphatic carbocycles. The molecule has 0 bridgehead atoms. The monoisotopic (exact) mass is 295 g/mol. The minimum atomic E-state index is -1.08. The van der Waals surface area contributed by atoms with E-state index in [9.17, 15) is 4.79 Å². The molecule has 0 aliphatic heterocycles. The van der Waals surface area contributed by atoms with Crippen LogP contribution in [0.25, 0.3) is 0 Å². The molecule has 5 nitrogen and oxygen atoms in total. The molecule has 0 aromatic heterocycles. The van der Waals surface area contributed by atoms with Crippen LogP contribution in [0.2, 0.25) is 0 Å². The van der Waals surface area contributed by atoms with Crippen molar-refractivity contribution in [3.8, 4) is 5.75 Å². The van der Waals surface area contributed by atoms with E-state index in [0.29, 0.717) is 25.2 Å². The number of carbonyl (C=O) groups is 1. The molecule has 0 aliphatic rings. The first-order chi connectivity index (χ1) is 9.90. The lowest BCUT2D eigenvalue weighted by Gasteiger charge is -2.26. The highest BCUT2D eigenvalue weighted by Crippen LogP contribution is 2.22. The Bertz CT molecular complexity index is 459. The molecule has 0 saturated carbocycles. The van der Waals surface area contributed by atoms with Crippen LogP contribution in [0.4, 0.5) is 0 Å². The van der Waals surface area contributed by atoms with Crippen LogP contribution in [-0.4, -0.2) is 35.9 Å². The molecule has 0 radical (unpaired) electrons. The first kappa shape index (κ1) is 17.5. The molecule has 1 rings (SSSR count). The Morgan fingerprint density at radius 2 is 2.10 bits per heavy atom. The summed E-state index contributed by atoms with van der Waals surface area (Å²) in [5.41, 5.74) is 5.85. The van der Waals surface area contributed by atoms with Crippen LogP contribution >= 0.6 is 0 Å². The molecule has 2 unspecified atom stereocenters. The average Bonchev–Trinajstić information content (AvgIpc) is 2.41. The summed E-state index contributed by atoms with van der Waals surface area (Å²) in [7, 11) is 0. The van der Waals surface area contributed by atoms with Gasteiger partial charge in [-0.3, -0.25) is 4.79 Å². The van der Waals surface area contributed by atoms with Crippen molar-refractivity contribution in [2.75, 3.05) is 13.2 Å². The van der Waals surface area contributed by atoms with Gasteiger partial charge in [-0.05, 0) is 38.8 Å². The minimum Gasteiger partial charge on any atom is -0.490 e. The van der Waals surface area contributed by atoms with E-state index < -0.39 is 11.5 Å². The first-order valence-electron chi connectivity index (χ1n) is 7.22. The number of hydrogen-bond donors (Lipinski definition) is 2. The van der Waals surface area contributed by atoms with Crippen LogP contribution in [0.1, 0.15) is 32.8 Å². The maximum atomic E-state index is 11.8. The van der Waals surface area contributed by atoms with Crippen LogP contribution in [-0.2, 0) is 16.0 Å². The van der Waals surface area contributed by atoms with Crippen LogP contribution in [0.5, 0.6) is 5.75 Å². The molecule has 0 spiro atoms. The fourth-order valence-corrected chi connectivity index (χ4v) is 2.18. The third-order valence-corrected chi connectivity index (χ3v) is 3.14. The maximum Gasteiger partial charge on any atom is 0.325 e. The van der Waals surface area contributed by atoms with Gasteiger partial charge in [-0.25, -0.2) is 0 Å². The maximum absolute atomic E-state index is 11.8. The predicted octanol–water partition coefficient (Wildman–Crippen LogP) is 1.66. The number of nitrogens with two attached hydrogens (primary N) is 1. The second-order valence-electron chi connectivity index (χ2n) is 5.35. The number of carbonyl (C=O) groups excluding carboxylic acids is 1. The van der Waals surface area contributed by atoms with Crippen molar-refractivity contribution >= 4 is 5.97 Å².